The standard InChI is InChI=1S/C19H18BrFN2O2/c1-2-12-9-14(20)3-8-17(12)22-19(25)13-10-18(24)23(11-13)16-6-4-15(21)5-7-16/h3-9,13H,2,10-11H2,1H3,(H,22,25)/t13-/m1/s1. The van der Waals surface area contributed by atoms with Gasteiger partial charge in [-0.25, -0.2) is 4.39 Å². The fraction of sp³-hybridized carbons (Fsp3) is 0.263. The number of aryl methyl sites for hydroxylation is 1. The molecule has 0 unspecified atom stereocenters. The Balaban J connectivity index is 1.72. The molecule has 6 heteroatoms. The zero-order chi connectivity index (χ0) is 18.0. The largest absolute Gasteiger partial charge is 0.326 e. The average molecular weight is 405 g/mol. The maximum Gasteiger partial charge on any atom is 0.229 e. The number of rotatable bonds is 4. The van der Waals surface area contributed by atoms with Crippen LogP contribution in [-0.2, 0) is 16.0 Å². The minimum absolute atomic E-state index is 0.127. The SMILES string of the molecule is CCc1cc(Br)ccc1NC(=O)[C@@H]1CC(=O)N(c2ccc(F)cc2)C1. The van der Waals surface area contributed by atoms with Crippen LogP contribution in [0.3, 0.4) is 0 Å². The summed E-state index contributed by atoms with van der Waals surface area (Å²) in [5.41, 5.74) is 2.41. The number of halogens is 2. The Morgan fingerprint density at radius 1 is 1.28 bits per heavy atom. The highest BCUT2D eigenvalue weighted by Crippen LogP contribution is 2.27. The molecule has 25 heavy (non-hydrogen) atoms. The van der Waals surface area contributed by atoms with Crippen molar-refractivity contribution in [2.24, 2.45) is 5.92 Å². The minimum Gasteiger partial charge on any atom is -0.326 e. The van der Waals surface area contributed by atoms with Crippen molar-refractivity contribution in [3.63, 3.8) is 0 Å². The third-order valence-corrected chi connectivity index (χ3v) is 4.83. The van der Waals surface area contributed by atoms with E-state index in [0.29, 0.717) is 12.2 Å². The summed E-state index contributed by atoms with van der Waals surface area (Å²) in [6.45, 7) is 2.32. The summed E-state index contributed by atoms with van der Waals surface area (Å²) in [6, 6.07) is 11.4. The topological polar surface area (TPSA) is 49.4 Å². The van der Waals surface area contributed by atoms with Gasteiger partial charge in [-0.2, -0.15) is 0 Å². The maximum absolute atomic E-state index is 13.0. The van der Waals surface area contributed by atoms with Gasteiger partial charge in [0.05, 0.1) is 5.92 Å². The van der Waals surface area contributed by atoms with E-state index in [1.54, 1.807) is 12.1 Å². The van der Waals surface area contributed by atoms with E-state index in [1.807, 2.05) is 25.1 Å². The van der Waals surface area contributed by atoms with Crippen molar-refractivity contribution in [1.82, 2.24) is 0 Å². The van der Waals surface area contributed by atoms with Gasteiger partial charge in [0.1, 0.15) is 5.82 Å². The molecule has 1 heterocycles. The van der Waals surface area contributed by atoms with E-state index in [-0.39, 0.29) is 24.1 Å². The van der Waals surface area contributed by atoms with Crippen LogP contribution in [0.4, 0.5) is 15.8 Å². The number of hydrogen-bond acceptors (Lipinski definition) is 2. The van der Waals surface area contributed by atoms with Gasteiger partial charge in [-0.3, -0.25) is 9.59 Å². The second-order valence-electron chi connectivity index (χ2n) is 6.03. The van der Waals surface area contributed by atoms with Gasteiger partial charge in [-0.05, 0) is 54.4 Å². The highest BCUT2D eigenvalue weighted by molar-refractivity contribution is 9.10. The second kappa shape index (κ2) is 7.35. The molecule has 130 valence electrons. The molecule has 4 nitrogen and oxygen atoms in total. The van der Waals surface area contributed by atoms with E-state index in [9.17, 15) is 14.0 Å². The Kier molecular flexibility index (Phi) is 5.18. The first-order chi connectivity index (χ1) is 12.0. The van der Waals surface area contributed by atoms with Gasteiger partial charge >= 0.3 is 0 Å². The van der Waals surface area contributed by atoms with E-state index in [4.69, 9.17) is 0 Å². The van der Waals surface area contributed by atoms with E-state index in [2.05, 4.69) is 21.2 Å². The first kappa shape index (κ1) is 17.6. The number of benzene rings is 2. The normalized spacial score (nSPS) is 17.0. The van der Waals surface area contributed by atoms with Crippen LogP contribution in [0.25, 0.3) is 0 Å². The number of hydrogen-bond donors (Lipinski definition) is 1. The maximum atomic E-state index is 13.0. The predicted molar refractivity (Wildman–Crippen MR) is 99.0 cm³/mol. The monoisotopic (exact) mass is 404 g/mol. The molecule has 0 aromatic heterocycles. The Labute approximate surface area is 154 Å². The van der Waals surface area contributed by atoms with Crippen molar-refractivity contribution in [2.45, 2.75) is 19.8 Å². The molecule has 0 aliphatic carbocycles. The molecule has 3 rings (SSSR count). The Bertz CT molecular complexity index is 808. The van der Waals surface area contributed by atoms with Gasteiger partial charge in [0.15, 0.2) is 0 Å². The summed E-state index contributed by atoms with van der Waals surface area (Å²) in [5, 5.41) is 2.93. The van der Waals surface area contributed by atoms with Crippen molar-refractivity contribution in [1.29, 1.82) is 0 Å². The quantitative estimate of drug-likeness (QED) is 0.831. The van der Waals surface area contributed by atoms with Crippen molar-refractivity contribution < 1.29 is 14.0 Å². The number of amides is 2. The Morgan fingerprint density at radius 3 is 2.68 bits per heavy atom. The molecule has 1 fully saturated rings. The van der Waals surface area contributed by atoms with Gasteiger partial charge in [0, 0.05) is 28.8 Å². The fourth-order valence-corrected chi connectivity index (χ4v) is 3.37. The molecule has 0 radical (unpaired) electrons. The number of anilines is 2. The van der Waals surface area contributed by atoms with Crippen LogP contribution in [0.1, 0.15) is 18.9 Å². The van der Waals surface area contributed by atoms with Crippen LogP contribution in [0, 0.1) is 11.7 Å². The van der Waals surface area contributed by atoms with E-state index in [0.717, 1.165) is 22.1 Å². The van der Waals surface area contributed by atoms with E-state index < -0.39 is 5.92 Å². The molecule has 1 aliphatic heterocycles. The zero-order valence-electron chi connectivity index (χ0n) is 13.8. The summed E-state index contributed by atoms with van der Waals surface area (Å²) in [5.74, 6) is -1.08. The van der Waals surface area contributed by atoms with Crippen LogP contribution in [0.5, 0.6) is 0 Å². The molecule has 2 amide bonds. The molecular weight excluding hydrogens is 387 g/mol. The van der Waals surface area contributed by atoms with Crippen molar-refractivity contribution in [3.8, 4) is 0 Å². The van der Waals surface area contributed by atoms with Crippen LogP contribution < -0.4 is 10.2 Å². The third kappa shape index (κ3) is 3.90. The molecule has 1 N–H and O–H groups in total. The zero-order valence-corrected chi connectivity index (χ0v) is 15.3. The molecule has 1 atom stereocenters. The molecular formula is C19H18BrFN2O2. The van der Waals surface area contributed by atoms with Gasteiger partial charge in [-0.15, -0.1) is 0 Å². The smallest absolute Gasteiger partial charge is 0.229 e. The van der Waals surface area contributed by atoms with Gasteiger partial charge < -0.3 is 10.2 Å². The Morgan fingerprint density at radius 2 is 2.00 bits per heavy atom. The first-order valence-electron chi connectivity index (χ1n) is 8.13. The minimum atomic E-state index is -0.425. The molecule has 1 aliphatic rings. The molecule has 0 bridgehead atoms. The number of carbonyl (C=O) groups is 2. The summed E-state index contributed by atoms with van der Waals surface area (Å²) in [7, 11) is 0. The number of carbonyl (C=O) groups excluding carboxylic acids is 2. The summed E-state index contributed by atoms with van der Waals surface area (Å²) < 4.78 is 14.0. The molecule has 0 saturated carbocycles. The third-order valence-electron chi connectivity index (χ3n) is 4.34. The van der Waals surface area contributed by atoms with Gasteiger partial charge in [-0.1, -0.05) is 22.9 Å². The Hall–Kier alpha value is -2.21. The number of nitrogens with one attached hydrogen (secondary N) is 1. The fourth-order valence-electron chi connectivity index (χ4n) is 2.97. The summed E-state index contributed by atoms with van der Waals surface area (Å²) in [4.78, 5) is 26.4. The van der Waals surface area contributed by atoms with Crippen LogP contribution in [0.15, 0.2) is 46.9 Å². The number of nitrogens with zero attached hydrogens (tertiary/aromatic N) is 1. The van der Waals surface area contributed by atoms with Crippen molar-refractivity contribution >= 4 is 39.1 Å². The molecule has 0 spiro atoms. The summed E-state index contributed by atoms with van der Waals surface area (Å²) in [6.07, 6.45) is 0.946. The van der Waals surface area contributed by atoms with E-state index >= 15 is 0 Å². The van der Waals surface area contributed by atoms with Crippen LogP contribution in [0.2, 0.25) is 0 Å². The van der Waals surface area contributed by atoms with Gasteiger partial charge in [0.25, 0.3) is 0 Å². The molecule has 2 aromatic carbocycles. The highest BCUT2D eigenvalue weighted by Gasteiger charge is 2.35. The lowest BCUT2D eigenvalue weighted by Gasteiger charge is -2.17. The second-order valence-corrected chi connectivity index (χ2v) is 6.94. The average Bonchev–Trinajstić information content (AvgIpc) is 2.99. The lowest BCUT2D eigenvalue weighted by molar-refractivity contribution is -0.122. The van der Waals surface area contributed by atoms with Crippen molar-refractivity contribution in [2.75, 3.05) is 16.8 Å². The lowest BCUT2D eigenvalue weighted by Crippen LogP contribution is -2.28. The van der Waals surface area contributed by atoms with E-state index in [1.165, 1.54) is 17.0 Å². The predicted octanol–water partition coefficient (Wildman–Crippen LogP) is 4.14. The highest BCUT2D eigenvalue weighted by atomic mass is 79.9. The van der Waals surface area contributed by atoms with Crippen LogP contribution >= 0.6 is 15.9 Å². The first-order valence-corrected chi connectivity index (χ1v) is 8.92. The molecule has 2 aromatic rings. The lowest BCUT2D eigenvalue weighted by atomic mass is 10.1. The van der Waals surface area contributed by atoms with Crippen LogP contribution in [-0.4, -0.2) is 18.4 Å². The summed E-state index contributed by atoms with van der Waals surface area (Å²) >= 11 is 3.43. The van der Waals surface area contributed by atoms with Gasteiger partial charge in [0.2, 0.25) is 11.8 Å². The molecule has 1 saturated heterocycles. The van der Waals surface area contributed by atoms with Crippen molar-refractivity contribution in [3.05, 3.63) is 58.3 Å².